The molecule has 1 fully saturated rings. The van der Waals surface area contributed by atoms with Gasteiger partial charge in [0.05, 0.1) is 6.04 Å². The Labute approximate surface area is 205 Å². The first kappa shape index (κ1) is 23.8. The predicted molar refractivity (Wildman–Crippen MR) is 125 cm³/mol. The number of benzene rings is 2. The second kappa shape index (κ2) is 9.64. The summed E-state index contributed by atoms with van der Waals surface area (Å²) < 4.78 is 46.7. The summed E-state index contributed by atoms with van der Waals surface area (Å²) >= 11 is 5.93. The number of carbonyl (C=O) groups is 1. The molecular weight excluding hydrogens is 482 g/mol. The van der Waals surface area contributed by atoms with Gasteiger partial charge in [-0.05, 0) is 67.9 Å². The van der Waals surface area contributed by atoms with E-state index in [1.807, 2.05) is 4.90 Å². The molecular formula is C25H25ClF2N2O5. The number of aliphatic hydroxyl groups is 1. The fraction of sp³-hybridized carbons (Fsp3) is 0.400. The predicted octanol–water partition coefficient (Wildman–Crippen LogP) is 4.26. The third-order valence-corrected chi connectivity index (χ3v) is 6.57. The van der Waals surface area contributed by atoms with Crippen molar-refractivity contribution in [2.75, 3.05) is 32.8 Å². The molecule has 7 nitrogen and oxygen atoms in total. The maximum absolute atomic E-state index is 15.2. The number of hydrogen-bond donors (Lipinski definition) is 2. The molecule has 0 spiro atoms. The van der Waals surface area contributed by atoms with Crippen LogP contribution in [0.15, 0.2) is 46.9 Å². The SMILES string of the molecule is O=C(N[C@H](CN1CCCC1)[C@H](O)c1ccc2c(c1)OCCO2)C(F)(F)c1cc2cc(Cl)ccc2o1. The fourth-order valence-corrected chi connectivity index (χ4v) is 4.66. The van der Waals surface area contributed by atoms with Crippen LogP contribution >= 0.6 is 11.6 Å². The van der Waals surface area contributed by atoms with Crippen LogP contribution in [-0.4, -0.2) is 54.8 Å². The number of alkyl halides is 2. The molecule has 2 aliphatic rings. The van der Waals surface area contributed by atoms with Crippen LogP contribution in [0, 0.1) is 0 Å². The molecule has 1 aromatic heterocycles. The zero-order chi connectivity index (χ0) is 24.6. The lowest BCUT2D eigenvalue weighted by molar-refractivity contribution is -0.151. The minimum absolute atomic E-state index is 0.196. The first-order chi connectivity index (χ1) is 16.8. The molecule has 10 heteroatoms. The molecule has 2 aliphatic heterocycles. The number of likely N-dealkylation sites (tertiary alicyclic amines) is 1. The van der Waals surface area contributed by atoms with Crippen molar-refractivity contribution in [2.24, 2.45) is 0 Å². The second-order valence-corrected chi connectivity index (χ2v) is 9.24. The Morgan fingerprint density at radius 1 is 1.09 bits per heavy atom. The van der Waals surface area contributed by atoms with E-state index >= 15 is 8.78 Å². The van der Waals surface area contributed by atoms with Crippen molar-refractivity contribution < 1.29 is 32.6 Å². The highest BCUT2D eigenvalue weighted by Gasteiger charge is 2.46. The van der Waals surface area contributed by atoms with Crippen LogP contribution in [0.5, 0.6) is 11.5 Å². The smallest absolute Gasteiger partial charge is 0.380 e. The minimum atomic E-state index is -3.96. The van der Waals surface area contributed by atoms with Gasteiger partial charge in [0.2, 0.25) is 0 Å². The Morgan fingerprint density at radius 2 is 1.83 bits per heavy atom. The molecule has 0 saturated carbocycles. The van der Waals surface area contributed by atoms with Crippen molar-refractivity contribution in [2.45, 2.75) is 30.9 Å². The number of furan rings is 1. The third kappa shape index (κ3) is 4.94. The Hall–Kier alpha value is -2.88. The van der Waals surface area contributed by atoms with Crippen LogP contribution in [0.3, 0.4) is 0 Å². The average Bonchev–Trinajstić information content (AvgIpc) is 3.52. The van der Waals surface area contributed by atoms with Gasteiger partial charge in [0.15, 0.2) is 17.3 Å². The molecule has 35 heavy (non-hydrogen) atoms. The van der Waals surface area contributed by atoms with Crippen molar-refractivity contribution in [3.63, 3.8) is 0 Å². The second-order valence-electron chi connectivity index (χ2n) is 8.80. The summed E-state index contributed by atoms with van der Waals surface area (Å²) in [7, 11) is 0. The first-order valence-electron chi connectivity index (χ1n) is 11.5. The lowest BCUT2D eigenvalue weighted by atomic mass is 10.0. The minimum Gasteiger partial charge on any atom is -0.486 e. The number of nitrogens with zero attached hydrogens (tertiary/aromatic N) is 1. The number of nitrogens with one attached hydrogen (secondary N) is 1. The van der Waals surface area contributed by atoms with Crippen molar-refractivity contribution in [3.05, 3.63) is 58.8 Å². The van der Waals surface area contributed by atoms with E-state index in [0.29, 0.717) is 40.7 Å². The number of fused-ring (bicyclic) bond motifs is 2. The molecule has 0 radical (unpaired) electrons. The summed E-state index contributed by atoms with van der Waals surface area (Å²) in [5.41, 5.74) is 0.627. The van der Waals surface area contributed by atoms with E-state index in [2.05, 4.69) is 5.32 Å². The molecule has 5 rings (SSSR count). The van der Waals surface area contributed by atoms with E-state index in [9.17, 15) is 9.90 Å². The van der Waals surface area contributed by atoms with Crippen molar-refractivity contribution >= 4 is 28.5 Å². The molecule has 0 aliphatic carbocycles. The number of hydrogen-bond acceptors (Lipinski definition) is 6. The summed E-state index contributed by atoms with van der Waals surface area (Å²) in [5.74, 6) is -5.29. The molecule has 3 heterocycles. The van der Waals surface area contributed by atoms with Gasteiger partial charge in [-0.1, -0.05) is 17.7 Å². The lowest BCUT2D eigenvalue weighted by Gasteiger charge is -2.30. The zero-order valence-corrected chi connectivity index (χ0v) is 19.6. The molecule has 0 unspecified atom stereocenters. The van der Waals surface area contributed by atoms with Gasteiger partial charge >= 0.3 is 5.92 Å². The molecule has 2 atom stereocenters. The summed E-state index contributed by atoms with van der Waals surface area (Å²) in [4.78, 5) is 14.9. The Balaban J connectivity index is 1.39. The fourth-order valence-electron chi connectivity index (χ4n) is 4.48. The zero-order valence-electron chi connectivity index (χ0n) is 18.8. The number of ether oxygens (including phenoxy) is 2. The number of carbonyl (C=O) groups excluding carboxylic acids is 1. The van der Waals surface area contributed by atoms with Crippen LogP contribution in [0.1, 0.15) is 30.3 Å². The van der Waals surface area contributed by atoms with Crippen LogP contribution in [0.2, 0.25) is 5.02 Å². The number of rotatable bonds is 7. The molecule has 1 saturated heterocycles. The summed E-state index contributed by atoms with van der Waals surface area (Å²) in [5, 5.41) is 14.3. The van der Waals surface area contributed by atoms with Gasteiger partial charge in [0, 0.05) is 17.0 Å². The van der Waals surface area contributed by atoms with Gasteiger partial charge in [-0.15, -0.1) is 0 Å². The number of halogens is 3. The standard InChI is InChI=1S/C25H25ClF2N2O5/c26-17-4-6-19-16(11-17)13-22(35-19)25(27,28)24(32)29-18(14-30-7-1-2-8-30)23(31)15-3-5-20-21(12-15)34-10-9-33-20/h3-6,11-13,18,23,31H,1-2,7-10,14H2,(H,29,32)/t18-,23-/m1/s1. The Morgan fingerprint density at radius 3 is 2.60 bits per heavy atom. The van der Waals surface area contributed by atoms with Crippen LogP contribution in [0.25, 0.3) is 11.0 Å². The third-order valence-electron chi connectivity index (χ3n) is 6.33. The van der Waals surface area contributed by atoms with E-state index in [-0.39, 0.29) is 12.1 Å². The van der Waals surface area contributed by atoms with Gasteiger partial charge in [-0.2, -0.15) is 8.78 Å². The first-order valence-corrected chi connectivity index (χ1v) is 11.9. The van der Waals surface area contributed by atoms with Gasteiger partial charge in [0.1, 0.15) is 24.9 Å². The quantitative estimate of drug-likeness (QED) is 0.498. The van der Waals surface area contributed by atoms with Crippen LogP contribution < -0.4 is 14.8 Å². The van der Waals surface area contributed by atoms with Crippen LogP contribution in [0.4, 0.5) is 8.78 Å². The largest absolute Gasteiger partial charge is 0.486 e. The lowest BCUT2D eigenvalue weighted by Crippen LogP contribution is -2.50. The maximum atomic E-state index is 15.2. The van der Waals surface area contributed by atoms with E-state index < -0.39 is 29.7 Å². The van der Waals surface area contributed by atoms with Crippen molar-refractivity contribution in [1.29, 1.82) is 0 Å². The molecule has 2 N–H and O–H groups in total. The van der Waals surface area contributed by atoms with Crippen molar-refractivity contribution in [3.8, 4) is 11.5 Å². The average molecular weight is 507 g/mol. The van der Waals surface area contributed by atoms with E-state index in [4.69, 9.17) is 25.5 Å². The topological polar surface area (TPSA) is 84.2 Å². The molecule has 186 valence electrons. The monoisotopic (exact) mass is 506 g/mol. The highest BCUT2D eigenvalue weighted by Crippen LogP contribution is 2.36. The summed E-state index contributed by atoms with van der Waals surface area (Å²) in [6, 6.07) is 9.50. The van der Waals surface area contributed by atoms with Gasteiger partial charge in [-0.25, -0.2) is 0 Å². The summed E-state index contributed by atoms with van der Waals surface area (Å²) in [6.45, 7) is 2.54. The molecule has 2 aromatic carbocycles. The Bertz CT molecular complexity index is 1230. The van der Waals surface area contributed by atoms with E-state index in [1.165, 1.54) is 18.2 Å². The molecule has 1 amide bonds. The number of aliphatic hydroxyl groups excluding tert-OH is 1. The molecule has 3 aromatic rings. The molecule has 0 bridgehead atoms. The van der Waals surface area contributed by atoms with Gasteiger partial charge in [0.25, 0.3) is 5.91 Å². The highest BCUT2D eigenvalue weighted by molar-refractivity contribution is 6.31. The summed E-state index contributed by atoms with van der Waals surface area (Å²) in [6.07, 6.45) is 0.692. The normalized spacial score (nSPS) is 17.9. The highest BCUT2D eigenvalue weighted by atomic mass is 35.5. The number of amides is 1. The maximum Gasteiger partial charge on any atom is 0.380 e. The van der Waals surface area contributed by atoms with Gasteiger partial charge in [-0.3, -0.25) is 4.79 Å². The van der Waals surface area contributed by atoms with E-state index in [0.717, 1.165) is 32.0 Å². The van der Waals surface area contributed by atoms with Gasteiger partial charge < -0.3 is 29.2 Å². The van der Waals surface area contributed by atoms with Crippen LogP contribution in [-0.2, 0) is 10.7 Å². The van der Waals surface area contributed by atoms with E-state index in [1.54, 1.807) is 18.2 Å². The Kier molecular flexibility index (Phi) is 6.57. The van der Waals surface area contributed by atoms with Crippen molar-refractivity contribution in [1.82, 2.24) is 10.2 Å².